The Balaban J connectivity index is 1.34. The summed E-state index contributed by atoms with van der Waals surface area (Å²) in [5.41, 5.74) is -0.436. The molecule has 0 saturated carbocycles. The molecule has 0 aliphatic carbocycles. The highest BCUT2D eigenvalue weighted by Crippen LogP contribution is 2.39. The number of hydrogen-bond acceptors (Lipinski definition) is 6. The fourth-order valence-corrected chi connectivity index (χ4v) is 5.46. The van der Waals surface area contributed by atoms with Crippen LogP contribution in [0, 0.1) is 5.82 Å². The van der Waals surface area contributed by atoms with E-state index in [1.165, 1.54) is 23.1 Å². The lowest BCUT2D eigenvalue weighted by molar-refractivity contribution is -0.128. The van der Waals surface area contributed by atoms with Crippen molar-refractivity contribution < 1.29 is 33.0 Å². The van der Waals surface area contributed by atoms with Crippen LogP contribution in [0.25, 0.3) is 0 Å². The smallest absolute Gasteiger partial charge is 0.256 e. The lowest BCUT2D eigenvalue weighted by atomic mass is 9.96. The largest absolute Gasteiger partial charge is 0.497 e. The monoisotopic (exact) mass is 525 g/mol. The number of amides is 3. The zero-order valence-electron chi connectivity index (χ0n) is 21.4. The minimum atomic E-state index is -1.08. The number of carbonyl (C=O) groups excluding carboxylic acids is 3. The lowest BCUT2D eigenvalue weighted by Crippen LogP contribution is -2.60. The van der Waals surface area contributed by atoms with E-state index in [1.807, 2.05) is 0 Å². The number of likely N-dealkylation sites (tertiary alicyclic amines) is 1. The van der Waals surface area contributed by atoms with Gasteiger partial charge >= 0.3 is 0 Å². The molecule has 0 bridgehead atoms. The molecule has 2 atom stereocenters. The van der Waals surface area contributed by atoms with Crippen molar-refractivity contribution in [2.24, 2.45) is 0 Å². The molecular formula is C28H32FN3O6. The van der Waals surface area contributed by atoms with Gasteiger partial charge in [0.05, 0.1) is 19.8 Å². The van der Waals surface area contributed by atoms with Crippen molar-refractivity contribution >= 4 is 17.7 Å². The molecule has 2 aromatic rings. The average Bonchev–Trinajstić information content (AvgIpc) is 3.60. The van der Waals surface area contributed by atoms with E-state index >= 15 is 0 Å². The van der Waals surface area contributed by atoms with Gasteiger partial charge in [0, 0.05) is 50.2 Å². The highest BCUT2D eigenvalue weighted by atomic mass is 19.1. The molecule has 10 heteroatoms. The van der Waals surface area contributed by atoms with Crippen molar-refractivity contribution in [3.8, 4) is 5.75 Å². The van der Waals surface area contributed by atoms with Crippen LogP contribution < -0.4 is 10.1 Å². The van der Waals surface area contributed by atoms with Crippen molar-refractivity contribution in [2.75, 3.05) is 40.0 Å². The Morgan fingerprint density at radius 3 is 2.50 bits per heavy atom. The van der Waals surface area contributed by atoms with Gasteiger partial charge < -0.3 is 24.4 Å². The molecular weight excluding hydrogens is 493 g/mol. The zero-order valence-corrected chi connectivity index (χ0v) is 21.4. The summed E-state index contributed by atoms with van der Waals surface area (Å²) in [6.07, 6.45) is 2.41. The van der Waals surface area contributed by atoms with Crippen LogP contribution in [0.15, 0.2) is 48.5 Å². The highest BCUT2D eigenvalue weighted by Gasteiger charge is 2.54. The van der Waals surface area contributed by atoms with Crippen LogP contribution in [-0.4, -0.2) is 85.3 Å². The number of nitrogens with zero attached hydrogens (tertiary/aromatic N) is 2. The fourth-order valence-electron chi connectivity index (χ4n) is 5.46. The van der Waals surface area contributed by atoms with Crippen molar-refractivity contribution in [3.63, 3.8) is 0 Å². The highest BCUT2D eigenvalue weighted by molar-refractivity contribution is 5.98. The first-order chi connectivity index (χ1) is 18.4. The number of ether oxygens (including phenoxy) is 3. The van der Waals surface area contributed by atoms with Gasteiger partial charge in [0.15, 0.2) is 0 Å². The molecule has 0 aromatic heterocycles. The van der Waals surface area contributed by atoms with Crippen LogP contribution in [0.2, 0.25) is 0 Å². The second-order valence-corrected chi connectivity index (χ2v) is 9.86. The average molecular weight is 526 g/mol. The minimum Gasteiger partial charge on any atom is -0.497 e. The van der Waals surface area contributed by atoms with E-state index in [1.54, 1.807) is 36.3 Å². The van der Waals surface area contributed by atoms with Crippen LogP contribution in [0.5, 0.6) is 5.75 Å². The van der Waals surface area contributed by atoms with E-state index in [4.69, 9.17) is 14.2 Å². The fraction of sp³-hybridized carbons (Fsp3) is 0.464. The number of nitrogens with one attached hydrogen (secondary N) is 1. The standard InChI is InChI=1S/C28H32FN3O6/c1-36-22-8-3-6-20(16-22)26(34)31-12-10-28(11-13-31)32(27(35)19-5-2-7-21(29)15-19)24(18-38-28)25(33)30-17-23-9-4-14-37-23/h2-3,5-8,15-16,23-24H,4,9-14,17-18H2,1H3,(H,30,33)/t23-,24-/m1/s1. The second kappa shape index (κ2) is 11.1. The summed E-state index contributed by atoms with van der Waals surface area (Å²) >= 11 is 0. The van der Waals surface area contributed by atoms with Crippen LogP contribution in [0.1, 0.15) is 46.4 Å². The summed E-state index contributed by atoms with van der Waals surface area (Å²) in [5, 5.41) is 2.91. The Labute approximate surface area is 220 Å². The van der Waals surface area contributed by atoms with Crippen LogP contribution in [-0.2, 0) is 14.3 Å². The van der Waals surface area contributed by atoms with Gasteiger partial charge in [-0.05, 0) is 49.2 Å². The molecule has 3 saturated heterocycles. The molecule has 3 fully saturated rings. The topological polar surface area (TPSA) is 97.4 Å². The Bertz CT molecular complexity index is 1190. The van der Waals surface area contributed by atoms with Gasteiger partial charge in [-0.1, -0.05) is 12.1 Å². The van der Waals surface area contributed by atoms with E-state index in [9.17, 15) is 18.8 Å². The number of benzene rings is 2. The van der Waals surface area contributed by atoms with Gasteiger partial charge in [0.25, 0.3) is 11.8 Å². The van der Waals surface area contributed by atoms with E-state index in [-0.39, 0.29) is 30.1 Å². The molecule has 3 heterocycles. The molecule has 0 radical (unpaired) electrons. The minimum absolute atomic E-state index is 0.0161. The van der Waals surface area contributed by atoms with Gasteiger partial charge in [-0.3, -0.25) is 19.3 Å². The molecule has 1 N–H and O–H groups in total. The van der Waals surface area contributed by atoms with Crippen molar-refractivity contribution in [3.05, 3.63) is 65.5 Å². The number of rotatable bonds is 6. The van der Waals surface area contributed by atoms with Crippen molar-refractivity contribution in [2.45, 2.75) is 43.6 Å². The number of carbonyl (C=O) groups is 3. The molecule has 3 aliphatic rings. The quantitative estimate of drug-likeness (QED) is 0.623. The van der Waals surface area contributed by atoms with E-state index in [2.05, 4.69) is 5.32 Å². The molecule has 3 aliphatic heterocycles. The maximum Gasteiger partial charge on any atom is 0.256 e. The summed E-state index contributed by atoms with van der Waals surface area (Å²) < 4.78 is 31.1. The number of piperidine rings is 1. The normalized spacial score (nSPS) is 22.5. The predicted octanol–water partition coefficient (Wildman–Crippen LogP) is 2.60. The molecule has 0 unspecified atom stereocenters. The molecule has 5 rings (SSSR count). The van der Waals surface area contributed by atoms with Gasteiger partial charge in [0.2, 0.25) is 5.91 Å². The first-order valence-corrected chi connectivity index (χ1v) is 13.0. The van der Waals surface area contributed by atoms with Gasteiger partial charge in [0.1, 0.15) is 23.3 Å². The van der Waals surface area contributed by atoms with Crippen LogP contribution in [0.4, 0.5) is 4.39 Å². The van der Waals surface area contributed by atoms with E-state index in [0.717, 1.165) is 18.9 Å². The van der Waals surface area contributed by atoms with E-state index in [0.29, 0.717) is 50.4 Å². The maximum atomic E-state index is 14.0. The Hall–Kier alpha value is -3.50. The lowest BCUT2D eigenvalue weighted by Gasteiger charge is -2.44. The SMILES string of the molecule is COc1cccc(C(=O)N2CCC3(CC2)OC[C@H](C(=O)NC[C@H]2CCCO2)N3C(=O)c2cccc(F)c2)c1. The zero-order chi connectivity index (χ0) is 26.7. The van der Waals surface area contributed by atoms with Gasteiger partial charge in [-0.15, -0.1) is 0 Å². The molecule has 1 spiro atoms. The Morgan fingerprint density at radius 2 is 1.82 bits per heavy atom. The Morgan fingerprint density at radius 1 is 1.08 bits per heavy atom. The molecule has 202 valence electrons. The molecule has 38 heavy (non-hydrogen) atoms. The maximum absolute atomic E-state index is 14.0. The van der Waals surface area contributed by atoms with Crippen molar-refractivity contribution in [1.29, 1.82) is 0 Å². The first-order valence-electron chi connectivity index (χ1n) is 13.0. The summed E-state index contributed by atoms with van der Waals surface area (Å²) in [5.74, 6) is -0.912. The molecule has 9 nitrogen and oxygen atoms in total. The summed E-state index contributed by atoms with van der Waals surface area (Å²) in [7, 11) is 1.54. The summed E-state index contributed by atoms with van der Waals surface area (Å²) in [6.45, 7) is 1.70. The molecule has 2 aromatic carbocycles. The third-order valence-electron chi connectivity index (χ3n) is 7.53. The Kier molecular flexibility index (Phi) is 7.62. The van der Waals surface area contributed by atoms with Gasteiger partial charge in [-0.2, -0.15) is 0 Å². The molecule has 3 amide bonds. The number of hydrogen-bond donors (Lipinski definition) is 1. The number of halogens is 1. The second-order valence-electron chi connectivity index (χ2n) is 9.86. The predicted molar refractivity (Wildman–Crippen MR) is 135 cm³/mol. The van der Waals surface area contributed by atoms with Crippen LogP contribution >= 0.6 is 0 Å². The van der Waals surface area contributed by atoms with Gasteiger partial charge in [-0.25, -0.2) is 4.39 Å². The summed E-state index contributed by atoms with van der Waals surface area (Å²) in [6, 6.07) is 11.5. The first kappa shape index (κ1) is 26.1. The summed E-state index contributed by atoms with van der Waals surface area (Å²) in [4.78, 5) is 43.3. The third kappa shape index (κ3) is 5.23. The van der Waals surface area contributed by atoms with E-state index < -0.39 is 23.5 Å². The number of methoxy groups -OCH3 is 1. The third-order valence-corrected chi connectivity index (χ3v) is 7.53. The van der Waals surface area contributed by atoms with Crippen molar-refractivity contribution in [1.82, 2.24) is 15.1 Å². The van der Waals surface area contributed by atoms with Crippen LogP contribution in [0.3, 0.4) is 0 Å².